The summed E-state index contributed by atoms with van der Waals surface area (Å²) < 4.78 is 10.6. The van der Waals surface area contributed by atoms with Crippen LogP contribution in [0.3, 0.4) is 0 Å². The molecule has 1 saturated carbocycles. The molecule has 17 heavy (non-hydrogen) atoms. The summed E-state index contributed by atoms with van der Waals surface area (Å²) in [6.07, 6.45) is 3.99. The van der Waals surface area contributed by atoms with Crippen LogP contribution in [0.2, 0.25) is 0 Å². The van der Waals surface area contributed by atoms with Crippen molar-refractivity contribution in [1.82, 2.24) is 10.2 Å². The lowest BCUT2D eigenvalue weighted by atomic mass is 10.2. The van der Waals surface area contributed by atoms with Crippen LogP contribution >= 0.6 is 0 Å². The van der Waals surface area contributed by atoms with E-state index in [1.54, 1.807) is 7.11 Å². The fourth-order valence-electron chi connectivity index (χ4n) is 2.45. The van der Waals surface area contributed by atoms with Crippen molar-refractivity contribution in [2.75, 3.05) is 53.1 Å². The highest BCUT2D eigenvalue weighted by molar-refractivity contribution is 4.86. The average Bonchev–Trinajstić information content (AvgIpc) is 3.19. The van der Waals surface area contributed by atoms with Crippen LogP contribution in [0.5, 0.6) is 0 Å². The van der Waals surface area contributed by atoms with Crippen molar-refractivity contribution in [3.8, 4) is 0 Å². The maximum absolute atomic E-state index is 5.34. The first-order valence-corrected chi connectivity index (χ1v) is 6.92. The first-order chi connectivity index (χ1) is 8.40. The van der Waals surface area contributed by atoms with Crippen LogP contribution in [0.1, 0.15) is 19.3 Å². The van der Waals surface area contributed by atoms with Crippen LogP contribution in [-0.2, 0) is 9.47 Å². The lowest BCUT2D eigenvalue weighted by Gasteiger charge is -2.27. The zero-order chi connectivity index (χ0) is 11.9. The van der Waals surface area contributed by atoms with Crippen LogP contribution in [-0.4, -0.2) is 64.1 Å². The van der Waals surface area contributed by atoms with E-state index in [4.69, 9.17) is 9.47 Å². The molecule has 0 amide bonds. The van der Waals surface area contributed by atoms with Gasteiger partial charge in [-0.3, -0.25) is 4.90 Å². The third-order valence-electron chi connectivity index (χ3n) is 3.70. The Balaban J connectivity index is 1.51. The zero-order valence-electron chi connectivity index (χ0n) is 11.0. The largest absolute Gasteiger partial charge is 0.383 e. The van der Waals surface area contributed by atoms with Crippen LogP contribution in [0.15, 0.2) is 0 Å². The lowest BCUT2D eigenvalue weighted by Crippen LogP contribution is -2.40. The molecule has 4 nitrogen and oxygen atoms in total. The molecule has 1 aliphatic heterocycles. The number of ether oxygens (including phenoxy) is 2. The minimum absolute atomic E-state index is 0.588. The first kappa shape index (κ1) is 13.3. The smallest absolute Gasteiger partial charge is 0.0618 e. The van der Waals surface area contributed by atoms with Gasteiger partial charge in [0.1, 0.15) is 0 Å². The fourth-order valence-corrected chi connectivity index (χ4v) is 2.45. The van der Waals surface area contributed by atoms with Gasteiger partial charge in [-0.1, -0.05) is 0 Å². The Morgan fingerprint density at radius 3 is 2.76 bits per heavy atom. The predicted octanol–water partition coefficient (Wildman–Crippen LogP) is 0.723. The van der Waals surface area contributed by atoms with Crippen molar-refractivity contribution in [2.24, 2.45) is 5.92 Å². The summed E-state index contributed by atoms with van der Waals surface area (Å²) in [4.78, 5) is 2.49. The predicted molar refractivity (Wildman–Crippen MR) is 68.3 cm³/mol. The molecule has 2 fully saturated rings. The minimum Gasteiger partial charge on any atom is -0.383 e. The van der Waals surface area contributed by atoms with Gasteiger partial charge in [0.15, 0.2) is 0 Å². The minimum atomic E-state index is 0.588. The van der Waals surface area contributed by atoms with Crippen LogP contribution in [0.4, 0.5) is 0 Å². The van der Waals surface area contributed by atoms with E-state index in [9.17, 15) is 0 Å². The van der Waals surface area contributed by atoms with E-state index in [1.807, 2.05) is 0 Å². The van der Waals surface area contributed by atoms with Gasteiger partial charge >= 0.3 is 0 Å². The Bertz CT molecular complexity index is 204. The molecule has 0 aromatic carbocycles. The van der Waals surface area contributed by atoms with Crippen LogP contribution in [0.25, 0.3) is 0 Å². The van der Waals surface area contributed by atoms with E-state index >= 15 is 0 Å². The monoisotopic (exact) mass is 242 g/mol. The molecule has 0 aromatic rings. The van der Waals surface area contributed by atoms with E-state index < -0.39 is 0 Å². The maximum Gasteiger partial charge on any atom is 0.0618 e. The van der Waals surface area contributed by atoms with Crippen molar-refractivity contribution in [1.29, 1.82) is 0 Å². The number of methoxy groups -OCH3 is 1. The van der Waals surface area contributed by atoms with E-state index in [-0.39, 0.29) is 0 Å². The highest BCUT2D eigenvalue weighted by atomic mass is 16.5. The first-order valence-electron chi connectivity index (χ1n) is 6.92. The topological polar surface area (TPSA) is 33.7 Å². The van der Waals surface area contributed by atoms with Crippen molar-refractivity contribution in [3.05, 3.63) is 0 Å². The molecule has 1 saturated heterocycles. The third kappa shape index (κ3) is 4.92. The van der Waals surface area contributed by atoms with Gasteiger partial charge in [0.25, 0.3) is 0 Å². The molecular formula is C13H26N2O2. The van der Waals surface area contributed by atoms with Gasteiger partial charge in [0.2, 0.25) is 0 Å². The van der Waals surface area contributed by atoms with E-state index in [2.05, 4.69) is 10.2 Å². The molecule has 4 heteroatoms. The Morgan fingerprint density at radius 1 is 1.35 bits per heavy atom. The van der Waals surface area contributed by atoms with Crippen molar-refractivity contribution in [2.45, 2.75) is 25.3 Å². The normalized spacial score (nSPS) is 23.8. The molecule has 2 aliphatic rings. The van der Waals surface area contributed by atoms with Gasteiger partial charge in [-0.15, -0.1) is 0 Å². The summed E-state index contributed by atoms with van der Waals surface area (Å²) >= 11 is 0. The number of hydrogen-bond donors (Lipinski definition) is 1. The summed E-state index contributed by atoms with van der Waals surface area (Å²) in [5.41, 5.74) is 0. The van der Waals surface area contributed by atoms with Crippen molar-refractivity contribution in [3.63, 3.8) is 0 Å². The van der Waals surface area contributed by atoms with Crippen LogP contribution in [0, 0.1) is 5.92 Å². The van der Waals surface area contributed by atoms with E-state index in [1.165, 1.54) is 25.8 Å². The van der Waals surface area contributed by atoms with E-state index in [0.29, 0.717) is 6.04 Å². The molecular weight excluding hydrogens is 216 g/mol. The number of nitrogens with zero attached hydrogens (tertiary/aromatic N) is 1. The summed E-state index contributed by atoms with van der Waals surface area (Å²) in [5, 5.41) is 3.64. The highest BCUT2D eigenvalue weighted by Crippen LogP contribution is 2.32. The average molecular weight is 242 g/mol. The molecule has 0 aromatic heterocycles. The Morgan fingerprint density at radius 2 is 2.12 bits per heavy atom. The molecule has 1 aliphatic carbocycles. The Hall–Kier alpha value is -0.160. The van der Waals surface area contributed by atoms with Gasteiger partial charge in [-0.25, -0.2) is 0 Å². The summed E-state index contributed by atoms with van der Waals surface area (Å²) in [6, 6.07) is 0.588. The highest BCUT2D eigenvalue weighted by Gasteiger charge is 2.30. The zero-order valence-corrected chi connectivity index (χ0v) is 11.0. The van der Waals surface area contributed by atoms with Gasteiger partial charge < -0.3 is 14.8 Å². The molecule has 1 N–H and O–H groups in total. The van der Waals surface area contributed by atoms with Crippen molar-refractivity contribution < 1.29 is 9.47 Å². The van der Waals surface area contributed by atoms with Gasteiger partial charge in [0.05, 0.1) is 19.8 Å². The SMILES string of the molecule is COCC(NCCCN1CCOCC1)C1CC1. The molecule has 0 spiro atoms. The summed E-state index contributed by atoms with van der Waals surface area (Å²) in [7, 11) is 1.80. The van der Waals surface area contributed by atoms with Gasteiger partial charge in [-0.05, 0) is 38.3 Å². The Kier molecular flexibility index (Phi) is 5.71. The van der Waals surface area contributed by atoms with E-state index in [0.717, 1.165) is 45.4 Å². The van der Waals surface area contributed by atoms with Crippen LogP contribution < -0.4 is 5.32 Å². The standard InChI is InChI=1S/C13H26N2O2/c1-16-11-13(12-3-4-12)14-5-2-6-15-7-9-17-10-8-15/h12-14H,2-11H2,1H3. The number of morpholine rings is 1. The molecule has 100 valence electrons. The van der Waals surface area contributed by atoms with Gasteiger partial charge in [-0.2, -0.15) is 0 Å². The molecule has 1 unspecified atom stereocenters. The fraction of sp³-hybridized carbons (Fsp3) is 1.00. The van der Waals surface area contributed by atoms with Gasteiger partial charge in [0, 0.05) is 26.2 Å². The quantitative estimate of drug-likeness (QED) is 0.636. The number of rotatable bonds is 8. The second-order valence-electron chi connectivity index (χ2n) is 5.16. The third-order valence-corrected chi connectivity index (χ3v) is 3.70. The second-order valence-corrected chi connectivity index (χ2v) is 5.16. The molecule has 0 radical (unpaired) electrons. The number of nitrogens with one attached hydrogen (secondary N) is 1. The number of hydrogen-bond acceptors (Lipinski definition) is 4. The maximum atomic E-state index is 5.34. The molecule has 2 rings (SSSR count). The Labute approximate surface area is 105 Å². The summed E-state index contributed by atoms with van der Waals surface area (Å²) in [5.74, 6) is 0.873. The lowest BCUT2D eigenvalue weighted by molar-refractivity contribution is 0.0372. The molecule has 0 bridgehead atoms. The second kappa shape index (κ2) is 7.31. The molecule has 1 atom stereocenters. The molecule has 1 heterocycles. The summed E-state index contributed by atoms with van der Waals surface area (Å²) in [6.45, 7) is 7.18. The van der Waals surface area contributed by atoms with Crippen molar-refractivity contribution >= 4 is 0 Å².